The molecule has 2 aromatic rings. The molecule has 0 unspecified atom stereocenters. The largest absolute Gasteiger partial charge is 0.444 e. The van der Waals surface area contributed by atoms with Gasteiger partial charge in [-0.3, -0.25) is 9.69 Å². The number of carbonyl (C=O) groups excluding carboxylic acids is 2. The second kappa shape index (κ2) is 7.19. The molecule has 6 nitrogen and oxygen atoms in total. The van der Waals surface area contributed by atoms with E-state index in [2.05, 4.69) is 10.3 Å². The van der Waals surface area contributed by atoms with Crippen molar-refractivity contribution in [2.45, 2.75) is 51.7 Å². The predicted molar refractivity (Wildman–Crippen MR) is 98.8 cm³/mol. The Kier molecular flexibility index (Phi) is 5.13. The van der Waals surface area contributed by atoms with Crippen LogP contribution in [0.3, 0.4) is 0 Å². The molecule has 1 atom stereocenters. The number of rotatable bonds is 2. The Morgan fingerprint density at radius 2 is 2.12 bits per heavy atom. The van der Waals surface area contributed by atoms with Gasteiger partial charge in [-0.15, -0.1) is 0 Å². The van der Waals surface area contributed by atoms with Crippen LogP contribution in [0.25, 0.3) is 10.2 Å². The van der Waals surface area contributed by atoms with Crippen LogP contribution >= 0.6 is 11.3 Å². The van der Waals surface area contributed by atoms with Crippen LogP contribution in [0.4, 0.5) is 14.3 Å². The number of ether oxygens (including phenoxy) is 1. The molecule has 0 spiro atoms. The maximum absolute atomic E-state index is 13.3. The van der Waals surface area contributed by atoms with Gasteiger partial charge in [0.2, 0.25) is 5.91 Å². The number of nitrogens with one attached hydrogen (secondary N) is 1. The lowest BCUT2D eigenvalue weighted by Crippen LogP contribution is -2.51. The Hall–Kier alpha value is -2.22. The van der Waals surface area contributed by atoms with Crippen molar-refractivity contribution in [2.75, 3.05) is 11.9 Å². The van der Waals surface area contributed by atoms with Gasteiger partial charge in [-0.1, -0.05) is 11.3 Å². The number of benzene rings is 1. The molecule has 0 bridgehead atoms. The zero-order chi connectivity index (χ0) is 18.9. The van der Waals surface area contributed by atoms with E-state index in [0.717, 1.165) is 17.5 Å². The van der Waals surface area contributed by atoms with Gasteiger partial charge < -0.3 is 10.1 Å². The van der Waals surface area contributed by atoms with Gasteiger partial charge in [0.25, 0.3) is 0 Å². The predicted octanol–water partition coefficient (Wildman–Crippen LogP) is 4.16. The van der Waals surface area contributed by atoms with Crippen LogP contribution in [0.2, 0.25) is 0 Å². The molecule has 0 radical (unpaired) electrons. The minimum atomic E-state index is -0.618. The van der Waals surface area contributed by atoms with E-state index in [0.29, 0.717) is 23.6 Å². The number of fused-ring (bicyclic) bond motifs is 1. The Balaban J connectivity index is 1.74. The van der Waals surface area contributed by atoms with Gasteiger partial charge in [0.15, 0.2) is 5.13 Å². The van der Waals surface area contributed by atoms with E-state index in [9.17, 15) is 14.0 Å². The summed E-state index contributed by atoms with van der Waals surface area (Å²) in [6.07, 6.45) is 1.79. The lowest BCUT2D eigenvalue weighted by Gasteiger charge is -2.35. The summed E-state index contributed by atoms with van der Waals surface area (Å²) in [5.74, 6) is -0.667. The minimum absolute atomic E-state index is 0.296. The molecule has 1 aromatic heterocycles. The number of likely N-dealkylation sites (tertiary alicyclic amines) is 1. The summed E-state index contributed by atoms with van der Waals surface area (Å²) in [5, 5.41) is 3.16. The van der Waals surface area contributed by atoms with Gasteiger partial charge in [0, 0.05) is 12.6 Å². The van der Waals surface area contributed by atoms with Crippen molar-refractivity contribution in [3.8, 4) is 0 Å². The average Bonchev–Trinajstić information content (AvgIpc) is 2.94. The number of hydrogen-bond donors (Lipinski definition) is 1. The molecule has 1 fully saturated rings. The standard InChI is InChI=1S/C18H22FN3O3S/c1-18(2,3)25-17(24)22-9-5-4-6-13(22)15(23)21-16-20-12-10-11(19)7-8-14(12)26-16/h7-8,10,13H,4-6,9H2,1-3H3,(H,20,21,23)/t13-/m0/s1. The second-order valence-corrected chi connectivity index (χ2v) is 8.34. The first-order valence-electron chi connectivity index (χ1n) is 8.59. The molecule has 2 amide bonds. The molecule has 1 saturated heterocycles. The lowest BCUT2D eigenvalue weighted by atomic mass is 10.0. The third kappa shape index (κ3) is 4.30. The van der Waals surface area contributed by atoms with Crippen LogP contribution in [0.5, 0.6) is 0 Å². The van der Waals surface area contributed by atoms with E-state index in [1.54, 1.807) is 26.8 Å². The number of anilines is 1. The van der Waals surface area contributed by atoms with Gasteiger partial charge >= 0.3 is 6.09 Å². The molecule has 3 rings (SSSR count). The summed E-state index contributed by atoms with van der Waals surface area (Å²) < 4.78 is 19.5. The van der Waals surface area contributed by atoms with Gasteiger partial charge in [-0.2, -0.15) is 0 Å². The average molecular weight is 379 g/mol. The first-order chi connectivity index (χ1) is 12.2. The van der Waals surface area contributed by atoms with Gasteiger partial charge in [-0.25, -0.2) is 14.2 Å². The van der Waals surface area contributed by atoms with E-state index in [1.807, 2.05) is 0 Å². The van der Waals surface area contributed by atoms with E-state index in [1.165, 1.54) is 28.4 Å². The second-order valence-electron chi connectivity index (χ2n) is 7.31. The molecule has 2 heterocycles. The fourth-order valence-electron chi connectivity index (χ4n) is 2.89. The Bertz CT molecular complexity index is 831. The highest BCUT2D eigenvalue weighted by Gasteiger charge is 2.35. The first kappa shape index (κ1) is 18.6. The third-order valence-corrected chi connectivity index (χ3v) is 4.97. The lowest BCUT2D eigenvalue weighted by molar-refractivity contribution is -0.122. The third-order valence-electron chi connectivity index (χ3n) is 4.01. The highest BCUT2D eigenvalue weighted by atomic mass is 32.1. The zero-order valence-electron chi connectivity index (χ0n) is 15.0. The van der Waals surface area contributed by atoms with Gasteiger partial charge in [0.1, 0.15) is 17.5 Å². The number of hydrogen-bond acceptors (Lipinski definition) is 5. The normalized spacial score (nSPS) is 18.0. The number of nitrogens with zero attached hydrogens (tertiary/aromatic N) is 2. The number of amides is 2. The van der Waals surface area contributed by atoms with Crippen molar-refractivity contribution in [3.63, 3.8) is 0 Å². The van der Waals surface area contributed by atoms with Crippen LogP contribution in [-0.4, -0.2) is 40.1 Å². The topological polar surface area (TPSA) is 71.5 Å². The summed E-state index contributed by atoms with van der Waals surface area (Å²) in [5.41, 5.74) is -0.120. The molecular weight excluding hydrogens is 357 g/mol. The van der Waals surface area contributed by atoms with Crippen molar-refractivity contribution in [3.05, 3.63) is 24.0 Å². The molecule has 140 valence electrons. The van der Waals surface area contributed by atoms with Crippen LogP contribution < -0.4 is 5.32 Å². The summed E-state index contributed by atoms with van der Waals surface area (Å²) in [7, 11) is 0. The SMILES string of the molecule is CC(C)(C)OC(=O)N1CCCC[C@H]1C(=O)Nc1nc2cc(F)ccc2s1. The van der Waals surface area contributed by atoms with Crippen molar-refractivity contribution in [1.82, 2.24) is 9.88 Å². The molecule has 1 aromatic carbocycles. The Labute approximate surface area is 155 Å². The molecule has 26 heavy (non-hydrogen) atoms. The summed E-state index contributed by atoms with van der Waals surface area (Å²) in [6, 6.07) is 3.72. The number of halogens is 1. The summed E-state index contributed by atoms with van der Waals surface area (Å²) in [6.45, 7) is 5.87. The molecular formula is C18H22FN3O3S. The molecule has 1 N–H and O–H groups in total. The van der Waals surface area contributed by atoms with Crippen molar-refractivity contribution in [1.29, 1.82) is 0 Å². The highest BCUT2D eigenvalue weighted by molar-refractivity contribution is 7.22. The Morgan fingerprint density at radius 1 is 1.35 bits per heavy atom. The number of piperidine rings is 1. The van der Waals surface area contributed by atoms with E-state index in [4.69, 9.17) is 4.74 Å². The summed E-state index contributed by atoms with van der Waals surface area (Å²) in [4.78, 5) is 30.9. The fourth-order valence-corrected chi connectivity index (χ4v) is 3.74. The van der Waals surface area contributed by atoms with Gasteiger partial charge in [-0.05, 0) is 52.2 Å². The summed E-state index contributed by atoms with van der Waals surface area (Å²) >= 11 is 1.27. The van der Waals surface area contributed by atoms with Crippen molar-refractivity contribution >= 4 is 38.7 Å². The minimum Gasteiger partial charge on any atom is -0.444 e. The molecule has 0 aliphatic carbocycles. The molecule has 8 heteroatoms. The number of carbonyl (C=O) groups is 2. The van der Waals surface area contributed by atoms with Crippen LogP contribution in [0, 0.1) is 5.82 Å². The molecule has 1 aliphatic rings. The van der Waals surface area contributed by atoms with Crippen molar-refractivity contribution in [2.24, 2.45) is 0 Å². The van der Waals surface area contributed by atoms with Crippen LogP contribution in [0.15, 0.2) is 18.2 Å². The van der Waals surface area contributed by atoms with Crippen LogP contribution in [-0.2, 0) is 9.53 Å². The first-order valence-corrected chi connectivity index (χ1v) is 9.41. The monoisotopic (exact) mass is 379 g/mol. The van der Waals surface area contributed by atoms with E-state index < -0.39 is 17.7 Å². The number of thiazole rings is 1. The zero-order valence-corrected chi connectivity index (χ0v) is 15.9. The molecule has 0 saturated carbocycles. The maximum atomic E-state index is 13.3. The smallest absolute Gasteiger partial charge is 0.410 e. The Morgan fingerprint density at radius 3 is 2.85 bits per heavy atom. The van der Waals surface area contributed by atoms with E-state index >= 15 is 0 Å². The quantitative estimate of drug-likeness (QED) is 0.850. The highest BCUT2D eigenvalue weighted by Crippen LogP contribution is 2.28. The molecule has 1 aliphatic heterocycles. The van der Waals surface area contributed by atoms with Crippen LogP contribution in [0.1, 0.15) is 40.0 Å². The van der Waals surface area contributed by atoms with Gasteiger partial charge in [0.05, 0.1) is 10.2 Å². The maximum Gasteiger partial charge on any atom is 0.410 e. The van der Waals surface area contributed by atoms with E-state index in [-0.39, 0.29) is 11.7 Å². The fraction of sp³-hybridized carbons (Fsp3) is 0.500. The van der Waals surface area contributed by atoms with Crippen molar-refractivity contribution < 1.29 is 18.7 Å². The number of aromatic nitrogens is 1.